The first kappa shape index (κ1) is 20.2. The van der Waals surface area contributed by atoms with E-state index in [9.17, 15) is 4.79 Å². The number of nitrogens with one attached hydrogen (secondary N) is 1. The van der Waals surface area contributed by atoms with E-state index in [4.69, 9.17) is 21.1 Å². The van der Waals surface area contributed by atoms with Crippen LogP contribution in [-0.4, -0.2) is 37.1 Å². The van der Waals surface area contributed by atoms with Gasteiger partial charge in [0.05, 0.1) is 17.6 Å². The molecule has 25 heavy (non-hydrogen) atoms. The van der Waals surface area contributed by atoms with Crippen LogP contribution in [0, 0.1) is 5.92 Å². The van der Waals surface area contributed by atoms with Gasteiger partial charge in [0.15, 0.2) is 0 Å². The van der Waals surface area contributed by atoms with Gasteiger partial charge in [-0.2, -0.15) is 0 Å². The van der Waals surface area contributed by atoms with Gasteiger partial charge in [-0.05, 0) is 46.4 Å². The van der Waals surface area contributed by atoms with Gasteiger partial charge in [-0.1, -0.05) is 42.5 Å². The predicted molar refractivity (Wildman–Crippen MR) is 107 cm³/mol. The first-order valence-electron chi connectivity index (χ1n) is 8.75. The Labute approximate surface area is 157 Å². The molecule has 3 atom stereocenters. The zero-order chi connectivity index (χ0) is 18.8. The van der Waals surface area contributed by atoms with E-state index in [2.05, 4.69) is 5.32 Å². The molecule has 1 saturated heterocycles. The Morgan fingerprint density at radius 2 is 1.88 bits per heavy atom. The molecule has 1 aromatic rings. The Kier molecular flexibility index (Phi) is 6.20. The molecule has 0 aliphatic carbocycles. The molecule has 1 aliphatic heterocycles. The topological polar surface area (TPSA) is 47.6 Å². The SMILES string of the molecule is C[C@@H](O[Si](C)(C)OC(C)(C)C)[C@H]1C(=O)N[C@@H]1CC(=S)c1ccccc1. The highest BCUT2D eigenvalue weighted by atomic mass is 32.1. The summed E-state index contributed by atoms with van der Waals surface area (Å²) in [5.74, 6) is -0.147. The summed E-state index contributed by atoms with van der Waals surface area (Å²) in [6, 6.07) is 9.95. The molecule has 0 spiro atoms. The van der Waals surface area contributed by atoms with Gasteiger partial charge in [-0.25, -0.2) is 0 Å². The van der Waals surface area contributed by atoms with Crippen molar-refractivity contribution in [1.82, 2.24) is 5.32 Å². The van der Waals surface area contributed by atoms with Gasteiger partial charge >= 0.3 is 8.56 Å². The summed E-state index contributed by atoms with van der Waals surface area (Å²) in [6.07, 6.45) is 0.465. The fourth-order valence-electron chi connectivity index (χ4n) is 3.40. The Bertz CT molecular complexity index is 627. The van der Waals surface area contributed by atoms with Crippen molar-refractivity contribution in [2.24, 2.45) is 5.92 Å². The van der Waals surface area contributed by atoms with Crippen LogP contribution in [0.3, 0.4) is 0 Å². The number of β-lactam (4-membered cyclic amide) rings is 1. The molecule has 6 heteroatoms. The summed E-state index contributed by atoms with van der Waals surface area (Å²) >= 11 is 5.55. The minimum absolute atomic E-state index is 0.0228. The highest BCUT2D eigenvalue weighted by Gasteiger charge is 2.46. The number of rotatable bonds is 7. The highest BCUT2D eigenvalue weighted by molar-refractivity contribution is 7.80. The van der Waals surface area contributed by atoms with Crippen molar-refractivity contribution in [2.75, 3.05) is 0 Å². The van der Waals surface area contributed by atoms with E-state index in [1.807, 2.05) is 71.1 Å². The molecule has 1 fully saturated rings. The summed E-state index contributed by atoms with van der Waals surface area (Å²) in [5.41, 5.74) is 0.780. The van der Waals surface area contributed by atoms with E-state index >= 15 is 0 Å². The fraction of sp³-hybridized carbons (Fsp3) is 0.579. The fourth-order valence-corrected chi connectivity index (χ4v) is 6.28. The first-order chi connectivity index (χ1) is 11.5. The molecule has 0 saturated carbocycles. The van der Waals surface area contributed by atoms with Crippen LogP contribution >= 0.6 is 12.2 Å². The second kappa shape index (κ2) is 7.66. The lowest BCUT2D eigenvalue weighted by molar-refractivity contribution is -0.140. The van der Waals surface area contributed by atoms with Crippen molar-refractivity contribution in [3.8, 4) is 0 Å². The van der Waals surface area contributed by atoms with Gasteiger partial charge < -0.3 is 14.2 Å². The smallest absolute Gasteiger partial charge is 0.332 e. The number of benzene rings is 1. The summed E-state index contributed by atoms with van der Waals surface area (Å²) in [6.45, 7) is 12.1. The summed E-state index contributed by atoms with van der Waals surface area (Å²) in [4.78, 5) is 13.0. The van der Waals surface area contributed by atoms with Crippen molar-refractivity contribution >= 4 is 31.6 Å². The number of hydrogen-bond acceptors (Lipinski definition) is 4. The summed E-state index contributed by atoms with van der Waals surface area (Å²) in [5, 5.41) is 2.98. The number of carbonyl (C=O) groups excluding carboxylic acids is 1. The lowest BCUT2D eigenvalue weighted by Gasteiger charge is -2.43. The van der Waals surface area contributed by atoms with Crippen molar-refractivity contribution in [1.29, 1.82) is 0 Å². The maximum atomic E-state index is 12.1. The molecule has 1 N–H and O–H groups in total. The Morgan fingerprint density at radius 3 is 2.40 bits per heavy atom. The van der Waals surface area contributed by atoms with Gasteiger partial charge in [0, 0.05) is 17.3 Å². The molecule has 1 aromatic carbocycles. The number of amides is 1. The van der Waals surface area contributed by atoms with Crippen LogP contribution in [0.1, 0.15) is 39.7 Å². The van der Waals surface area contributed by atoms with E-state index in [0.29, 0.717) is 6.42 Å². The molecule has 1 amide bonds. The second-order valence-electron chi connectivity index (χ2n) is 8.07. The van der Waals surface area contributed by atoms with Crippen LogP contribution in [0.25, 0.3) is 0 Å². The molecule has 0 unspecified atom stereocenters. The lowest BCUT2D eigenvalue weighted by atomic mass is 9.82. The van der Waals surface area contributed by atoms with E-state index in [0.717, 1.165) is 10.4 Å². The molecule has 1 aliphatic rings. The molecule has 0 aromatic heterocycles. The molecule has 1 heterocycles. The molecule has 2 rings (SSSR count). The molecular weight excluding hydrogens is 350 g/mol. The lowest BCUT2D eigenvalue weighted by Crippen LogP contribution is -2.64. The maximum Gasteiger partial charge on any atom is 0.332 e. The minimum Gasteiger partial charge on any atom is -0.391 e. The Hall–Kier alpha value is -1.08. The average molecular weight is 380 g/mol. The van der Waals surface area contributed by atoms with Gasteiger partial charge in [-0.3, -0.25) is 4.79 Å². The third kappa shape index (κ3) is 5.71. The summed E-state index contributed by atoms with van der Waals surface area (Å²) in [7, 11) is -2.32. The van der Waals surface area contributed by atoms with Crippen LogP contribution in [0.2, 0.25) is 13.1 Å². The predicted octanol–water partition coefficient (Wildman–Crippen LogP) is 3.83. The van der Waals surface area contributed by atoms with Gasteiger partial charge in [0.2, 0.25) is 5.91 Å². The van der Waals surface area contributed by atoms with E-state index < -0.39 is 8.56 Å². The third-order valence-corrected chi connectivity index (χ3v) is 6.54. The zero-order valence-corrected chi connectivity index (χ0v) is 17.8. The average Bonchev–Trinajstić information content (AvgIpc) is 2.43. The maximum absolute atomic E-state index is 12.1. The number of carbonyl (C=O) groups is 1. The van der Waals surface area contributed by atoms with Gasteiger partial charge in [-0.15, -0.1) is 0 Å². The molecule has 138 valence electrons. The van der Waals surface area contributed by atoms with E-state index in [-0.39, 0.29) is 29.6 Å². The van der Waals surface area contributed by atoms with E-state index in [1.165, 1.54) is 0 Å². The van der Waals surface area contributed by atoms with Crippen molar-refractivity contribution in [3.63, 3.8) is 0 Å². The normalized spacial score (nSPS) is 22.1. The molecule has 0 bridgehead atoms. The largest absolute Gasteiger partial charge is 0.391 e. The van der Waals surface area contributed by atoms with Crippen LogP contribution in [0.15, 0.2) is 30.3 Å². The van der Waals surface area contributed by atoms with Crippen LogP contribution in [0.4, 0.5) is 0 Å². The molecule has 4 nitrogen and oxygen atoms in total. The highest BCUT2D eigenvalue weighted by Crippen LogP contribution is 2.29. The monoisotopic (exact) mass is 379 g/mol. The third-order valence-electron chi connectivity index (χ3n) is 4.09. The quantitative estimate of drug-likeness (QED) is 0.338. The van der Waals surface area contributed by atoms with Crippen LogP contribution in [0.5, 0.6) is 0 Å². The van der Waals surface area contributed by atoms with Crippen LogP contribution in [-0.2, 0) is 13.6 Å². The van der Waals surface area contributed by atoms with Gasteiger partial charge in [0.25, 0.3) is 0 Å². The number of hydrogen-bond donors (Lipinski definition) is 1. The molecular formula is C19H29NO3SSi. The Balaban J connectivity index is 1.97. The van der Waals surface area contributed by atoms with E-state index in [1.54, 1.807) is 0 Å². The van der Waals surface area contributed by atoms with Crippen LogP contribution < -0.4 is 5.32 Å². The zero-order valence-electron chi connectivity index (χ0n) is 16.0. The minimum atomic E-state index is -2.32. The van der Waals surface area contributed by atoms with Crippen molar-refractivity contribution in [3.05, 3.63) is 35.9 Å². The van der Waals surface area contributed by atoms with Crippen molar-refractivity contribution < 1.29 is 13.6 Å². The standard InChI is InChI=1S/C19H29NO3SSi/c1-13(22-25(5,6)23-19(2,3)4)17-15(20-18(17)21)12-16(24)14-10-8-7-9-11-14/h7-11,13,15,17H,12H2,1-6H3,(H,20,21)/t13-,15-,17-/m1/s1. The summed E-state index contributed by atoms with van der Waals surface area (Å²) < 4.78 is 12.3. The first-order valence-corrected chi connectivity index (χ1v) is 12.0. The Morgan fingerprint density at radius 1 is 1.28 bits per heavy atom. The second-order valence-corrected chi connectivity index (χ2v) is 11.8. The number of thiocarbonyl (C=S) groups is 1. The van der Waals surface area contributed by atoms with Gasteiger partial charge in [0.1, 0.15) is 0 Å². The molecule has 0 radical (unpaired) electrons. The van der Waals surface area contributed by atoms with Crippen molar-refractivity contribution in [2.45, 2.75) is 65.0 Å².